The van der Waals surface area contributed by atoms with Crippen molar-refractivity contribution in [3.05, 3.63) is 29.8 Å². The minimum atomic E-state index is -0.881. The SMILES string of the molecule is CC(C)(C)OC(=O)CSC1Oc2ccccc2C1CC(=O)O. The van der Waals surface area contributed by atoms with E-state index in [0.717, 1.165) is 5.56 Å². The third kappa shape index (κ3) is 4.40. The van der Waals surface area contributed by atoms with Gasteiger partial charge in [-0.3, -0.25) is 9.59 Å². The van der Waals surface area contributed by atoms with Gasteiger partial charge in [-0.05, 0) is 26.8 Å². The molecule has 22 heavy (non-hydrogen) atoms. The predicted molar refractivity (Wildman–Crippen MR) is 84.2 cm³/mol. The molecule has 2 rings (SSSR count). The Kier molecular flexibility index (Phi) is 5.01. The van der Waals surface area contributed by atoms with Crippen LogP contribution in [-0.2, 0) is 14.3 Å². The Labute approximate surface area is 134 Å². The fourth-order valence-electron chi connectivity index (χ4n) is 2.31. The quantitative estimate of drug-likeness (QED) is 0.839. The highest BCUT2D eigenvalue weighted by atomic mass is 32.2. The first-order valence-corrected chi connectivity index (χ1v) is 8.12. The molecule has 2 unspecified atom stereocenters. The summed E-state index contributed by atoms with van der Waals surface area (Å²) < 4.78 is 11.1. The lowest BCUT2D eigenvalue weighted by Crippen LogP contribution is -2.26. The molecule has 0 radical (unpaired) electrons. The van der Waals surface area contributed by atoms with Crippen LogP contribution in [0.1, 0.15) is 38.7 Å². The number of rotatable bonds is 5. The monoisotopic (exact) mass is 324 g/mol. The van der Waals surface area contributed by atoms with Crippen LogP contribution in [0.4, 0.5) is 0 Å². The van der Waals surface area contributed by atoms with Crippen LogP contribution in [0, 0.1) is 0 Å². The molecule has 0 saturated carbocycles. The normalized spacial score (nSPS) is 20.1. The number of carbonyl (C=O) groups excluding carboxylic acids is 1. The van der Waals surface area contributed by atoms with Gasteiger partial charge in [-0.15, -0.1) is 11.8 Å². The van der Waals surface area contributed by atoms with Crippen LogP contribution in [-0.4, -0.2) is 33.8 Å². The Bertz CT molecular complexity index is 564. The first kappa shape index (κ1) is 16.7. The number of esters is 1. The van der Waals surface area contributed by atoms with Gasteiger partial charge in [-0.25, -0.2) is 0 Å². The first-order chi connectivity index (χ1) is 10.3. The van der Waals surface area contributed by atoms with E-state index in [1.807, 2.05) is 45.0 Å². The molecular formula is C16H20O5S. The molecule has 0 saturated heterocycles. The van der Waals surface area contributed by atoms with Crippen LogP contribution in [0.25, 0.3) is 0 Å². The van der Waals surface area contributed by atoms with Crippen LogP contribution >= 0.6 is 11.8 Å². The standard InChI is InChI=1S/C16H20O5S/c1-16(2,3)21-14(19)9-22-15-11(8-13(17)18)10-6-4-5-7-12(10)20-15/h4-7,11,15H,8-9H2,1-3H3,(H,17,18). The Hall–Kier alpha value is -1.69. The number of carboxylic acids is 1. The van der Waals surface area contributed by atoms with Crippen molar-refractivity contribution in [2.45, 2.75) is 44.1 Å². The second-order valence-electron chi connectivity index (χ2n) is 6.13. The van der Waals surface area contributed by atoms with E-state index in [-0.39, 0.29) is 29.5 Å². The molecule has 0 aromatic heterocycles. The van der Waals surface area contributed by atoms with Crippen molar-refractivity contribution in [2.24, 2.45) is 0 Å². The lowest BCUT2D eigenvalue weighted by Gasteiger charge is -2.21. The highest BCUT2D eigenvalue weighted by Gasteiger charge is 2.36. The molecule has 1 aliphatic rings. The summed E-state index contributed by atoms with van der Waals surface area (Å²) in [7, 11) is 0. The Morgan fingerprint density at radius 2 is 2.00 bits per heavy atom. The second kappa shape index (κ2) is 6.60. The average molecular weight is 324 g/mol. The van der Waals surface area contributed by atoms with E-state index in [9.17, 15) is 9.59 Å². The molecular weight excluding hydrogens is 304 g/mol. The van der Waals surface area contributed by atoms with Crippen LogP contribution in [0.2, 0.25) is 0 Å². The lowest BCUT2D eigenvalue weighted by atomic mass is 9.98. The smallest absolute Gasteiger partial charge is 0.316 e. The molecule has 0 spiro atoms. The van der Waals surface area contributed by atoms with Gasteiger partial charge in [-0.2, -0.15) is 0 Å². The molecule has 2 atom stereocenters. The average Bonchev–Trinajstić information content (AvgIpc) is 2.72. The molecule has 1 aromatic rings. The summed E-state index contributed by atoms with van der Waals surface area (Å²) in [6.45, 7) is 5.43. The summed E-state index contributed by atoms with van der Waals surface area (Å²) in [5, 5.41) is 9.09. The number of ether oxygens (including phenoxy) is 2. The summed E-state index contributed by atoms with van der Waals surface area (Å²) in [6.07, 6.45) is -0.0248. The van der Waals surface area contributed by atoms with Gasteiger partial charge in [0.05, 0.1) is 12.2 Å². The van der Waals surface area contributed by atoms with Gasteiger partial charge in [-0.1, -0.05) is 18.2 Å². The maximum Gasteiger partial charge on any atom is 0.316 e. The molecule has 1 aliphatic heterocycles. The fraction of sp³-hybridized carbons (Fsp3) is 0.500. The summed E-state index contributed by atoms with van der Waals surface area (Å²) in [6, 6.07) is 7.39. The number of benzene rings is 1. The molecule has 5 nitrogen and oxygen atoms in total. The molecule has 0 bridgehead atoms. The molecule has 1 aromatic carbocycles. The van der Waals surface area contributed by atoms with Crippen molar-refractivity contribution >= 4 is 23.7 Å². The highest BCUT2D eigenvalue weighted by molar-refractivity contribution is 8.00. The van der Waals surface area contributed by atoms with Crippen LogP contribution < -0.4 is 4.74 Å². The van der Waals surface area contributed by atoms with E-state index in [1.165, 1.54) is 11.8 Å². The van der Waals surface area contributed by atoms with E-state index < -0.39 is 11.6 Å². The summed E-state index contributed by atoms with van der Waals surface area (Å²) in [5.41, 5.74) is -0.0370. The van der Waals surface area contributed by atoms with Crippen LogP contribution in [0.3, 0.4) is 0 Å². The van der Waals surface area contributed by atoms with Gasteiger partial charge >= 0.3 is 11.9 Å². The van der Waals surface area contributed by atoms with E-state index in [2.05, 4.69) is 0 Å². The van der Waals surface area contributed by atoms with Gasteiger partial charge in [0.15, 0.2) is 5.44 Å². The third-order valence-corrected chi connectivity index (χ3v) is 4.23. The number of hydrogen-bond donors (Lipinski definition) is 1. The molecule has 0 amide bonds. The van der Waals surface area contributed by atoms with Crippen LogP contribution in [0.5, 0.6) is 5.75 Å². The molecule has 1 heterocycles. The Morgan fingerprint density at radius 1 is 1.32 bits per heavy atom. The van der Waals surface area contributed by atoms with E-state index >= 15 is 0 Å². The molecule has 0 aliphatic carbocycles. The number of hydrogen-bond acceptors (Lipinski definition) is 5. The second-order valence-corrected chi connectivity index (χ2v) is 7.21. The zero-order valence-corrected chi connectivity index (χ0v) is 13.7. The number of para-hydroxylation sites is 1. The molecule has 0 fully saturated rings. The number of thioether (sulfide) groups is 1. The molecule has 120 valence electrons. The Balaban J connectivity index is 2.01. The number of carboxylic acid groups (broad SMARTS) is 1. The van der Waals surface area contributed by atoms with Gasteiger partial charge in [0.2, 0.25) is 0 Å². The van der Waals surface area contributed by atoms with Crippen molar-refractivity contribution in [3.63, 3.8) is 0 Å². The van der Waals surface area contributed by atoms with Crippen molar-refractivity contribution in [3.8, 4) is 5.75 Å². The van der Waals surface area contributed by atoms with Gasteiger partial charge < -0.3 is 14.6 Å². The zero-order chi connectivity index (χ0) is 16.3. The van der Waals surface area contributed by atoms with Gasteiger partial charge in [0.25, 0.3) is 0 Å². The first-order valence-electron chi connectivity index (χ1n) is 7.07. The summed E-state index contributed by atoms with van der Waals surface area (Å²) in [4.78, 5) is 22.9. The molecule has 1 N–H and O–H groups in total. The molecule has 6 heteroatoms. The fourth-order valence-corrected chi connectivity index (χ4v) is 3.32. The van der Waals surface area contributed by atoms with Crippen molar-refractivity contribution in [2.75, 3.05) is 5.75 Å². The van der Waals surface area contributed by atoms with Gasteiger partial charge in [0, 0.05) is 11.5 Å². The highest BCUT2D eigenvalue weighted by Crippen LogP contribution is 2.44. The van der Waals surface area contributed by atoms with E-state index in [0.29, 0.717) is 5.75 Å². The minimum Gasteiger partial charge on any atom is -0.481 e. The third-order valence-electron chi connectivity index (χ3n) is 3.07. The minimum absolute atomic E-state index is 0.0248. The van der Waals surface area contributed by atoms with Crippen molar-refractivity contribution < 1.29 is 24.2 Å². The number of aliphatic carboxylic acids is 1. The summed E-state index contributed by atoms with van der Waals surface area (Å²) >= 11 is 1.28. The van der Waals surface area contributed by atoms with Gasteiger partial charge in [0.1, 0.15) is 11.4 Å². The Morgan fingerprint density at radius 3 is 2.64 bits per heavy atom. The van der Waals surface area contributed by atoms with E-state index in [4.69, 9.17) is 14.6 Å². The largest absolute Gasteiger partial charge is 0.481 e. The topological polar surface area (TPSA) is 72.8 Å². The maximum absolute atomic E-state index is 11.8. The maximum atomic E-state index is 11.8. The van der Waals surface area contributed by atoms with Crippen molar-refractivity contribution in [1.82, 2.24) is 0 Å². The van der Waals surface area contributed by atoms with Crippen molar-refractivity contribution in [1.29, 1.82) is 0 Å². The number of carbonyl (C=O) groups is 2. The lowest BCUT2D eigenvalue weighted by molar-refractivity contribution is -0.151. The predicted octanol–water partition coefficient (Wildman–Crippen LogP) is 3.04. The van der Waals surface area contributed by atoms with Crippen LogP contribution in [0.15, 0.2) is 24.3 Å². The zero-order valence-electron chi connectivity index (χ0n) is 12.9. The number of fused-ring (bicyclic) bond motifs is 1. The summed E-state index contributed by atoms with van der Waals surface area (Å²) in [5.74, 6) is -0.651. The van der Waals surface area contributed by atoms with E-state index in [1.54, 1.807) is 0 Å².